The zero-order valence-corrected chi connectivity index (χ0v) is 11.6. The molecular weight excluding hydrogens is 240 g/mol. The van der Waals surface area contributed by atoms with Crippen molar-refractivity contribution in [3.63, 3.8) is 0 Å². The van der Waals surface area contributed by atoms with Gasteiger partial charge in [-0.15, -0.1) is 10.2 Å². The summed E-state index contributed by atoms with van der Waals surface area (Å²) in [5.41, 5.74) is 9.09. The van der Waals surface area contributed by atoms with Crippen molar-refractivity contribution in [2.45, 2.75) is 45.7 Å². The Balaban J connectivity index is 2.01. The van der Waals surface area contributed by atoms with Crippen LogP contribution >= 0.6 is 0 Å². The first-order chi connectivity index (χ1) is 8.98. The highest BCUT2D eigenvalue weighted by Crippen LogP contribution is 2.41. The normalized spacial score (nSPS) is 23.1. The molecule has 1 aliphatic carbocycles. The zero-order valence-electron chi connectivity index (χ0n) is 11.6. The van der Waals surface area contributed by atoms with Gasteiger partial charge in [-0.1, -0.05) is 19.1 Å². The van der Waals surface area contributed by atoms with Crippen LogP contribution in [0.15, 0.2) is 12.3 Å². The highest BCUT2D eigenvalue weighted by Gasteiger charge is 2.33. The van der Waals surface area contributed by atoms with E-state index in [-0.39, 0.29) is 17.5 Å². The molecule has 0 aliphatic heterocycles. The number of aromatic nitrogens is 5. The summed E-state index contributed by atoms with van der Waals surface area (Å²) in [5.74, 6) is 0.704. The Kier molecular flexibility index (Phi) is 2.70. The van der Waals surface area contributed by atoms with Crippen molar-refractivity contribution in [2.75, 3.05) is 0 Å². The number of hydrogen-bond acceptors (Lipinski definition) is 4. The van der Waals surface area contributed by atoms with E-state index in [9.17, 15) is 0 Å². The molecule has 0 fully saturated rings. The van der Waals surface area contributed by atoms with Gasteiger partial charge in [-0.25, -0.2) is 0 Å². The van der Waals surface area contributed by atoms with Gasteiger partial charge < -0.3 is 10.3 Å². The molecule has 2 aromatic heterocycles. The molecule has 0 saturated carbocycles. The minimum absolute atomic E-state index is 0.0728. The minimum atomic E-state index is 0.0728. The largest absolute Gasteiger partial charge is 0.341 e. The fourth-order valence-corrected chi connectivity index (χ4v) is 3.09. The molecule has 0 radical (unpaired) electrons. The number of nitrogens with two attached hydrogens (primary N) is 1. The molecule has 2 atom stereocenters. The maximum atomic E-state index is 6.29. The van der Waals surface area contributed by atoms with Gasteiger partial charge >= 0.3 is 0 Å². The molecule has 102 valence electrons. The molecule has 0 aromatic carbocycles. The van der Waals surface area contributed by atoms with Gasteiger partial charge in [0.2, 0.25) is 0 Å². The maximum Gasteiger partial charge on any atom is 0.196 e. The molecule has 2 aromatic rings. The first-order valence-electron chi connectivity index (χ1n) is 6.66. The zero-order chi connectivity index (χ0) is 13.6. The third kappa shape index (κ3) is 2.06. The van der Waals surface area contributed by atoms with Crippen molar-refractivity contribution in [3.8, 4) is 0 Å². The maximum absolute atomic E-state index is 6.29. The monoisotopic (exact) mass is 260 g/mol. The van der Waals surface area contributed by atoms with E-state index in [1.807, 2.05) is 0 Å². The van der Waals surface area contributed by atoms with Crippen LogP contribution in [0.3, 0.4) is 0 Å². The van der Waals surface area contributed by atoms with Crippen LogP contribution in [0.25, 0.3) is 0 Å². The Morgan fingerprint density at radius 3 is 3.00 bits per heavy atom. The van der Waals surface area contributed by atoms with Crippen molar-refractivity contribution in [3.05, 3.63) is 29.3 Å². The number of fused-ring (bicyclic) bond motifs is 1. The topological polar surface area (TPSA) is 85.4 Å². The summed E-state index contributed by atoms with van der Waals surface area (Å²) in [6.07, 6.45) is 4.15. The SMILES string of the molecule is CC(c1nn[nH]n1)n1ccc2c1CC(C)(C)CC2N. The predicted octanol–water partition coefficient (Wildman–Crippen LogP) is 1.58. The minimum Gasteiger partial charge on any atom is -0.341 e. The summed E-state index contributed by atoms with van der Waals surface area (Å²) in [5, 5.41) is 14.3. The number of nitrogens with zero attached hydrogens (tertiary/aromatic N) is 4. The van der Waals surface area contributed by atoms with E-state index in [2.05, 4.69) is 58.2 Å². The summed E-state index contributed by atoms with van der Waals surface area (Å²) in [6.45, 7) is 6.62. The van der Waals surface area contributed by atoms with E-state index >= 15 is 0 Å². The molecule has 0 amide bonds. The fraction of sp³-hybridized carbons (Fsp3) is 0.615. The molecule has 2 heterocycles. The van der Waals surface area contributed by atoms with Crippen molar-refractivity contribution < 1.29 is 0 Å². The Hall–Kier alpha value is -1.69. The number of tetrazole rings is 1. The van der Waals surface area contributed by atoms with Crippen molar-refractivity contribution in [1.82, 2.24) is 25.2 Å². The van der Waals surface area contributed by atoms with Crippen LogP contribution in [0.5, 0.6) is 0 Å². The van der Waals surface area contributed by atoms with Crippen molar-refractivity contribution >= 4 is 0 Å². The molecular formula is C13H20N6. The van der Waals surface area contributed by atoms with Crippen LogP contribution in [-0.4, -0.2) is 25.2 Å². The number of nitrogens with one attached hydrogen (secondary N) is 1. The second-order valence-corrected chi connectivity index (χ2v) is 6.22. The molecule has 19 heavy (non-hydrogen) atoms. The van der Waals surface area contributed by atoms with Crippen LogP contribution in [0.1, 0.15) is 56.4 Å². The highest BCUT2D eigenvalue weighted by molar-refractivity contribution is 5.31. The first kappa shape index (κ1) is 12.3. The van der Waals surface area contributed by atoms with E-state index in [0.29, 0.717) is 5.82 Å². The molecule has 0 bridgehead atoms. The third-order valence-electron chi connectivity index (χ3n) is 4.03. The quantitative estimate of drug-likeness (QED) is 0.858. The molecule has 1 aliphatic rings. The summed E-state index contributed by atoms with van der Waals surface area (Å²) < 4.78 is 2.22. The van der Waals surface area contributed by atoms with Gasteiger partial charge in [0, 0.05) is 17.9 Å². The molecule has 3 rings (SSSR count). The fourth-order valence-electron chi connectivity index (χ4n) is 3.09. The van der Waals surface area contributed by atoms with Crippen LogP contribution in [-0.2, 0) is 6.42 Å². The van der Waals surface area contributed by atoms with Crippen LogP contribution in [0, 0.1) is 5.41 Å². The third-order valence-corrected chi connectivity index (χ3v) is 4.03. The van der Waals surface area contributed by atoms with E-state index in [1.165, 1.54) is 11.3 Å². The van der Waals surface area contributed by atoms with Crippen molar-refractivity contribution in [1.29, 1.82) is 0 Å². The summed E-state index contributed by atoms with van der Waals surface area (Å²) >= 11 is 0. The lowest BCUT2D eigenvalue weighted by Gasteiger charge is -2.35. The van der Waals surface area contributed by atoms with Gasteiger partial charge in [0.25, 0.3) is 0 Å². The van der Waals surface area contributed by atoms with Gasteiger partial charge in [0.05, 0.1) is 6.04 Å². The second kappa shape index (κ2) is 4.16. The van der Waals surface area contributed by atoms with E-state index in [4.69, 9.17) is 5.73 Å². The highest BCUT2D eigenvalue weighted by atomic mass is 15.5. The predicted molar refractivity (Wildman–Crippen MR) is 71.5 cm³/mol. The Morgan fingerprint density at radius 2 is 2.32 bits per heavy atom. The summed E-state index contributed by atoms with van der Waals surface area (Å²) in [4.78, 5) is 0. The molecule has 0 spiro atoms. The first-order valence-corrected chi connectivity index (χ1v) is 6.66. The lowest BCUT2D eigenvalue weighted by Crippen LogP contribution is -2.31. The van der Waals surface area contributed by atoms with Crippen LogP contribution in [0.4, 0.5) is 0 Å². The molecule has 6 nitrogen and oxygen atoms in total. The van der Waals surface area contributed by atoms with Gasteiger partial charge in [-0.05, 0) is 36.8 Å². The Morgan fingerprint density at radius 1 is 1.53 bits per heavy atom. The number of aromatic amines is 1. The molecule has 3 N–H and O–H groups in total. The Bertz CT molecular complexity index is 568. The van der Waals surface area contributed by atoms with Gasteiger partial charge in [0.1, 0.15) is 0 Å². The van der Waals surface area contributed by atoms with E-state index in [0.717, 1.165) is 12.8 Å². The number of hydrogen-bond donors (Lipinski definition) is 2. The van der Waals surface area contributed by atoms with Crippen molar-refractivity contribution in [2.24, 2.45) is 11.1 Å². The van der Waals surface area contributed by atoms with E-state index in [1.54, 1.807) is 0 Å². The van der Waals surface area contributed by atoms with Gasteiger partial charge in [-0.3, -0.25) is 0 Å². The molecule has 2 unspecified atom stereocenters. The molecule has 6 heteroatoms. The number of rotatable bonds is 2. The summed E-state index contributed by atoms with van der Waals surface area (Å²) in [6, 6.07) is 2.33. The van der Waals surface area contributed by atoms with Crippen LogP contribution in [0.2, 0.25) is 0 Å². The second-order valence-electron chi connectivity index (χ2n) is 6.22. The summed E-state index contributed by atoms with van der Waals surface area (Å²) in [7, 11) is 0. The lowest BCUT2D eigenvalue weighted by molar-refractivity contribution is 0.273. The smallest absolute Gasteiger partial charge is 0.196 e. The number of H-pyrrole nitrogens is 1. The standard InChI is InChI=1S/C13H20N6/c1-8(12-15-17-18-16-12)19-5-4-9-10(14)6-13(2,3)7-11(9)19/h4-5,8,10H,6-7,14H2,1-3H3,(H,15,16,17,18). The average Bonchev–Trinajstić information content (AvgIpc) is 2.94. The van der Waals surface area contributed by atoms with Gasteiger partial charge in [-0.2, -0.15) is 5.21 Å². The molecule has 0 saturated heterocycles. The average molecular weight is 260 g/mol. The van der Waals surface area contributed by atoms with E-state index < -0.39 is 0 Å². The Labute approximate surface area is 112 Å². The van der Waals surface area contributed by atoms with Crippen LogP contribution < -0.4 is 5.73 Å². The van der Waals surface area contributed by atoms with Gasteiger partial charge in [0.15, 0.2) is 5.82 Å². The lowest BCUT2D eigenvalue weighted by atomic mass is 9.74.